The summed E-state index contributed by atoms with van der Waals surface area (Å²) in [5.74, 6) is 0.789. The smallest absolute Gasteiger partial charge is 0.231 e. The van der Waals surface area contributed by atoms with Crippen molar-refractivity contribution < 1.29 is 0 Å². The SMILES string of the molecule is C1=CC2c3cc(-c4ccc5c(c4)c4ccccc4n5-c4ccccc4)ccc3-c3ccccc3N(c3nccc(-c4ccccc4)n3)C2C=C1. The van der Waals surface area contributed by atoms with Crippen LogP contribution in [0.25, 0.3) is 61.0 Å². The van der Waals surface area contributed by atoms with Gasteiger partial charge in [0.15, 0.2) is 0 Å². The van der Waals surface area contributed by atoms with E-state index in [-0.39, 0.29) is 12.0 Å². The lowest BCUT2D eigenvalue weighted by atomic mass is 9.83. The van der Waals surface area contributed by atoms with Crippen molar-refractivity contribution in [2.45, 2.75) is 12.0 Å². The summed E-state index contributed by atoms with van der Waals surface area (Å²) in [7, 11) is 0. The van der Waals surface area contributed by atoms with E-state index in [4.69, 9.17) is 9.97 Å². The molecule has 0 saturated heterocycles. The zero-order valence-electron chi connectivity index (χ0n) is 27.3. The van der Waals surface area contributed by atoms with Crippen LogP contribution in [0.4, 0.5) is 11.6 Å². The number of hydrogen-bond acceptors (Lipinski definition) is 3. The molecule has 4 heteroatoms. The number of nitrogens with zero attached hydrogens (tertiary/aromatic N) is 4. The molecule has 50 heavy (non-hydrogen) atoms. The minimum atomic E-state index is -0.00463. The van der Waals surface area contributed by atoms with Crippen LogP contribution >= 0.6 is 0 Å². The van der Waals surface area contributed by atoms with E-state index in [0.717, 1.165) is 16.9 Å². The maximum absolute atomic E-state index is 5.16. The zero-order valence-corrected chi connectivity index (χ0v) is 27.3. The largest absolute Gasteiger partial charge is 0.309 e. The number of allylic oxidation sites excluding steroid dienone is 2. The van der Waals surface area contributed by atoms with Gasteiger partial charge in [-0.05, 0) is 70.8 Å². The van der Waals surface area contributed by atoms with Crippen molar-refractivity contribution in [3.05, 3.63) is 188 Å². The number of anilines is 2. The van der Waals surface area contributed by atoms with Gasteiger partial charge in [0.1, 0.15) is 0 Å². The Morgan fingerprint density at radius 2 is 1.24 bits per heavy atom. The van der Waals surface area contributed by atoms with Gasteiger partial charge in [-0.1, -0.05) is 127 Å². The molecule has 4 nitrogen and oxygen atoms in total. The van der Waals surface area contributed by atoms with E-state index in [9.17, 15) is 0 Å². The molecule has 0 radical (unpaired) electrons. The second-order valence-corrected chi connectivity index (χ2v) is 13.0. The van der Waals surface area contributed by atoms with Crippen molar-refractivity contribution in [2.24, 2.45) is 0 Å². The van der Waals surface area contributed by atoms with Gasteiger partial charge in [0, 0.05) is 39.7 Å². The van der Waals surface area contributed by atoms with Gasteiger partial charge in [-0.15, -0.1) is 0 Å². The minimum absolute atomic E-state index is 0.00463. The van der Waals surface area contributed by atoms with E-state index in [0.29, 0.717) is 5.95 Å². The maximum atomic E-state index is 5.16. The van der Waals surface area contributed by atoms with Gasteiger partial charge in [0.05, 0.1) is 28.5 Å². The van der Waals surface area contributed by atoms with Crippen LogP contribution in [0.2, 0.25) is 0 Å². The van der Waals surface area contributed by atoms with Crippen LogP contribution in [0.15, 0.2) is 182 Å². The maximum Gasteiger partial charge on any atom is 0.231 e. The summed E-state index contributed by atoms with van der Waals surface area (Å²) in [6.45, 7) is 0. The normalized spacial score (nSPS) is 16.2. The monoisotopic (exact) mass is 640 g/mol. The molecule has 2 aliphatic rings. The molecule has 1 aliphatic carbocycles. The van der Waals surface area contributed by atoms with Gasteiger partial charge < -0.3 is 9.47 Å². The highest BCUT2D eigenvalue weighted by Crippen LogP contribution is 2.48. The lowest BCUT2D eigenvalue weighted by molar-refractivity contribution is 0.684. The highest BCUT2D eigenvalue weighted by atomic mass is 15.3. The van der Waals surface area contributed by atoms with Gasteiger partial charge in [0.2, 0.25) is 5.95 Å². The Balaban J connectivity index is 1.13. The van der Waals surface area contributed by atoms with Gasteiger partial charge in [-0.2, -0.15) is 0 Å². The minimum Gasteiger partial charge on any atom is -0.309 e. The third kappa shape index (κ3) is 4.53. The summed E-state index contributed by atoms with van der Waals surface area (Å²) in [5, 5.41) is 2.51. The summed E-state index contributed by atoms with van der Waals surface area (Å²) in [5.41, 5.74) is 12.8. The number of aromatic nitrogens is 3. The summed E-state index contributed by atoms with van der Waals surface area (Å²) >= 11 is 0. The molecule has 3 heterocycles. The average molecular weight is 641 g/mol. The molecular weight excluding hydrogens is 609 g/mol. The van der Waals surface area contributed by atoms with Crippen LogP contribution in [0.1, 0.15) is 11.5 Å². The van der Waals surface area contributed by atoms with Crippen LogP contribution in [-0.2, 0) is 0 Å². The van der Waals surface area contributed by atoms with Crippen molar-refractivity contribution in [3.63, 3.8) is 0 Å². The Bertz CT molecular complexity index is 2620. The molecule has 236 valence electrons. The topological polar surface area (TPSA) is 34.0 Å². The Labute approximate surface area is 290 Å². The molecule has 0 bridgehead atoms. The first-order valence-electron chi connectivity index (χ1n) is 17.2. The van der Waals surface area contributed by atoms with Gasteiger partial charge in [0.25, 0.3) is 0 Å². The first-order chi connectivity index (χ1) is 24.8. The van der Waals surface area contributed by atoms with Crippen molar-refractivity contribution in [1.82, 2.24) is 14.5 Å². The molecule has 0 spiro atoms. The van der Waals surface area contributed by atoms with Gasteiger partial charge in [-0.3, -0.25) is 0 Å². The molecule has 0 N–H and O–H groups in total. The molecule has 2 aromatic heterocycles. The quantitative estimate of drug-likeness (QED) is 0.192. The molecular formula is C46H32N4. The highest BCUT2D eigenvalue weighted by Gasteiger charge is 2.36. The Hall–Kier alpha value is -6.52. The van der Waals surface area contributed by atoms with Crippen LogP contribution in [-0.4, -0.2) is 20.6 Å². The first-order valence-corrected chi connectivity index (χ1v) is 17.2. The summed E-state index contributed by atoms with van der Waals surface area (Å²) in [4.78, 5) is 12.4. The predicted molar refractivity (Wildman–Crippen MR) is 206 cm³/mol. The third-order valence-corrected chi connectivity index (χ3v) is 10.2. The van der Waals surface area contributed by atoms with Crippen LogP contribution < -0.4 is 4.90 Å². The Morgan fingerprint density at radius 1 is 0.520 bits per heavy atom. The molecule has 2 unspecified atom stereocenters. The molecule has 1 aliphatic heterocycles. The average Bonchev–Trinajstić information content (AvgIpc) is 3.46. The summed E-state index contributed by atoms with van der Waals surface area (Å²) in [6.07, 6.45) is 10.8. The van der Waals surface area contributed by atoms with Crippen LogP contribution in [0, 0.1) is 0 Å². The molecule has 0 amide bonds. The molecule has 2 atom stereocenters. The summed E-state index contributed by atoms with van der Waals surface area (Å²) in [6, 6.07) is 54.3. The summed E-state index contributed by atoms with van der Waals surface area (Å²) < 4.78 is 2.37. The van der Waals surface area contributed by atoms with Crippen LogP contribution in [0.3, 0.4) is 0 Å². The van der Waals surface area contributed by atoms with E-state index in [2.05, 4.69) is 173 Å². The van der Waals surface area contributed by atoms with E-state index in [1.54, 1.807) is 0 Å². The van der Waals surface area contributed by atoms with Gasteiger partial charge in [-0.25, -0.2) is 9.97 Å². The number of hydrogen-bond donors (Lipinski definition) is 0. The number of rotatable bonds is 4. The molecule has 6 aromatic carbocycles. The fraction of sp³-hybridized carbons (Fsp3) is 0.0435. The molecule has 0 fully saturated rings. The number of benzene rings is 6. The van der Waals surface area contributed by atoms with E-state index >= 15 is 0 Å². The second-order valence-electron chi connectivity index (χ2n) is 13.0. The number of fused-ring (bicyclic) bond motifs is 8. The van der Waals surface area contributed by atoms with Crippen molar-refractivity contribution in [2.75, 3.05) is 4.90 Å². The first kappa shape index (κ1) is 28.5. The fourth-order valence-electron chi connectivity index (χ4n) is 7.95. The van der Waals surface area contributed by atoms with E-state index in [1.165, 1.54) is 55.3 Å². The predicted octanol–water partition coefficient (Wildman–Crippen LogP) is 11.3. The van der Waals surface area contributed by atoms with Crippen molar-refractivity contribution in [1.29, 1.82) is 0 Å². The molecule has 0 saturated carbocycles. The van der Waals surface area contributed by atoms with Crippen molar-refractivity contribution >= 4 is 33.4 Å². The molecule has 8 aromatic rings. The number of para-hydroxylation sites is 3. The lowest BCUT2D eigenvalue weighted by Crippen LogP contribution is -2.35. The van der Waals surface area contributed by atoms with Crippen LogP contribution in [0.5, 0.6) is 0 Å². The fourth-order valence-corrected chi connectivity index (χ4v) is 7.95. The third-order valence-electron chi connectivity index (χ3n) is 10.2. The van der Waals surface area contributed by atoms with E-state index < -0.39 is 0 Å². The standard InChI is InChI=1S/C46H32N4/c1-3-13-31(14-4-1)41-27-28-47-46(48-41)50-43-21-11-7-17-36(43)35-25-23-32(29-39(35)37-18-8-12-22-44(37)50)33-24-26-45-40(30-33)38-19-9-10-20-42(38)49(45)34-15-5-2-6-16-34/h1-30,37,44H. The van der Waals surface area contributed by atoms with Crippen molar-refractivity contribution in [3.8, 4) is 39.2 Å². The lowest BCUT2D eigenvalue weighted by Gasteiger charge is -2.34. The highest BCUT2D eigenvalue weighted by molar-refractivity contribution is 6.10. The van der Waals surface area contributed by atoms with Gasteiger partial charge >= 0.3 is 0 Å². The Morgan fingerprint density at radius 3 is 2.14 bits per heavy atom. The Kier molecular flexibility index (Phi) is 6.59. The zero-order chi connectivity index (χ0) is 33.0. The second kappa shape index (κ2) is 11.6. The molecule has 10 rings (SSSR count). The van der Waals surface area contributed by atoms with E-state index in [1.807, 2.05) is 18.3 Å².